The van der Waals surface area contributed by atoms with Crippen LogP contribution in [0.15, 0.2) is 12.1 Å². The minimum atomic E-state index is -0.505. The molecule has 2 rings (SSSR count). The molecule has 0 amide bonds. The van der Waals surface area contributed by atoms with Gasteiger partial charge in [0.05, 0.1) is 20.7 Å². The van der Waals surface area contributed by atoms with Crippen molar-refractivity contribution in [3.8, 4) is 0 Å². The number of nitro benzene ring substituents is 1. The maximum absolute atomic E-state index is 10.7. The van der Waals surface area contributed by atoms with Gasteiger partial charge >= 0.3 is 0 Å². The summed E-state index contributed by atoms with van der Waals surface area (Å²) in [6.45, 7) is 3.90. The molecule has 0 saturated carbocycles. The lowest BCUT2D eigenvalue weighted by Gasteiger charge is -2.26. The van der Waals surface area contributed by atoms with Crippen molar-refractivity contribution in [1.82, 2.24) is 4.90 Å². The number of halogens is 2. The Labute approximate surface area is 128 Å². The summed E-state index contributed by atoms with van der Waals surface area (Å²) in [6.07, 6.45) is 3.81. The number of likely N-dealkylation sites (tertiary alicyclic amines) is 1. The van der Waals surface area contributed by atoms with Crippen LogP contribution in [-0.2, 0) is 0 Å². The van der Waals surface area contributed by atoms with Gasteiger partial charge in [-0.2, -0.15) is 0 Å². The lowest BCUT2D eigenvalue weighted by molar-refractivity contribution is -0.384. The van der Waals surface area contributed by atoms with E-state index in [1.165, 1.54) is 31.4 Å². The van der Waals surface area contributed by atoms with Crippen LogP contribution < -0.4 is 5.32 Å². The van der Waals surface area contributed by atoms with Crippen LogP contribution >= 0.6 is 23.2 Å². The third-order valence-corrected chi connectivity index (χ3v) is 4.01. The first-order valence-corrected chi connectivity index (χ1v) is 7.43. The highest BCUT2D eigenvalue weighted by atomic mass is 35.5. The second-order valence-electron chi connectivity index (χ2n) is 4.87. The third-order valence-electron chi connectivity index (χ3n) is 3.42. The number of benzene rings is 1. The molecule has 1 N–H and O–H groups in total. The first kappa shape index (κ1) is 15.4. The topological polar surface area (TPSA) is 58.4 Å². The van der Waals surface area contributed by atoms with Crippen LogP contribution in [0.1, 0.15) is 19.3 Å². The fourth-order valence-electron chi connectivity index (χ4n) is 2.36. The van der Waals surface area contributed by atoms with E-state index in [-0.39, 0.29) is 15.7 Å². The van der Waals surface area contributed by atoms with Crippen molar-refractivity contribution in [2.24, 2.45) is 0 Å². The average Bonchev–Trinajstić information content (AvgIpc) is 2.42. The van der Waals surface area contributed by atoms with Gasteiger partial charge in [-0.05, 0) is 25.9 Å². The van der Waals surface area contributed by atoms with E-state index in [9.17, 15) is 10.1 Å². The summed E-state index contributed by atoms with van der Waals surface area (Å²) < 4.78 is 0. The molecule has 20 heavy (non-hydrogen) atoms. The van der Waals surface area contributed by atoms with Crippen molar-refractivity contribution in [2.45, 2.75) is 19.3 Å². The Balaban J connectivity index is 1.93. The van der Waals surface area contributed by atoms with Gasteiger partial charge in [0.15, 0.2) is 0 Å². The standard InChI is InChI=1S/C13H17Cl2N3O2/c14-11-8-10(18(19)20)9-12(15)13(11)16-4-7-17-5-2-1-3-6-17/h8-9,16H,1-7H2. The summed E-state index contributed by atoms with van der Waals surface area (Å²) in [7, 11) is 0. The normalized spacial score (nSPS) is 16.1. The zero-order valence-corrected chi connectivity index (χ0v) is 12.6. The molecule has 0 aliphatic carbocycles. The zero-order chi connectivity index (χ0) is 14.5. The molecule has 0 radical (unpaired) electrons. The van der Waals surface area contributed by atoms with Crippen molar-refractivity contribution >= 4 is 34.6 Å². The van der Waals surface area contributed by atoms with Crippen molar-refractivity contribution in [3.63, 3.8) is 0 Å². The maximum Gasteiger partial charge on any atom is 0.272 e. The monoisotopic (exact) mass is 317 g/mol. The summed E-state index contributed by atoms with van der Waals surface area (Å²) in [6, 6.07) is 2.63. The molecule has 0 atom stereocenters. The molecule has 0 bridgehead atoms. The van der Waals surface area contributed by atoms with Crippen molar-refractivity contribution in [1.29, 1.82) is 0 Å². The molecule has 0 spiro atoms. The molecule has 7 heteroatoms. The van der Waals surface area contributed by atoms with Gasteiger partial charge in [-0.3, -0.25) is 10.1 Å². The van der Waals surface area contributed by atoms with Gasteiger partial charge in [0.2, 0.25) is 0 Å². The van der Waals surface area contributed by atoms with Gasteiger partial charge in [-0.15, -0.1) is 0 Å². The fourth-order valence-corrected chi connectivity index (χ4v) is 2.97. The fraction of sp³-hybridized carbons (Fsp3) is 0.538. The number of hydrogen-bond acceptors (Lipinski definition) is 4. The van der Waals surface area contributed by atoms with Crippen LogP contribution in [-0.4, -0.2) is 36.0 Å². The molecule has 1 heterocycles. The Morgan fingerprint density at radius 3 is 2.35 bits per heavy atom. The minimum Gasteiger partial charge on any atom is -0.381 e. The molecule has 110 valence electrons. The molecule has 0 aromatic heterocycles. The molecular formula is C13H17Cl2N3O2. The Hall–Kier alpha value is -1.04. The quantitative estimate of drug-likeness (QED) is 0.663. The van der Waals surface area contributed by atoms with E-state index in [1.54, 1.807) is 0 Å². The Morgan fingerprint density at radius 2 is 1.80 bits per heavy atom. The number of nitrogens with one attached hydrogen (secondary N) is 1. The van der Waals surface area contributed by atoms with Gasteiger partial charge in [0.25, 0.3) is 5.69 Å². The summed E-state index contributed by atoms with van der Waals surface area (Å²) >= 11 is 12.1. The second-order valence-corrected chi connectivity index (χ2v) is 5.69. The molecular weight excluding hydrogens is 301 g/mol. The van der Waals surface area contributed by atoms with Crippen LogP contribution in [0.5, 0.6) is 0 Å². The molecule has 1 fully saturated rings. The van der Waals surface area contributed by atoms with E-state index in [4.69, 9.17) is 23.2 Å². The number of rotatable bonds is 5. The minimum absolute atomic E-state index is 0.0958. The van der Waals surface area contributed by atoms with E-state index >= 15 is 0 Å². The van der Waals surface area contributed by atoms with Crippen LogP contribution in [0.4, 0.5) is 11.4 Å². The highest BCUT2D eigenvalue weighted by Gasteiger charge is 2.15. The van der Waals surface area contributed by atoms with Crippen molar-refractivity contribution in [2.75, 3.05) is 31.5 Å². The highest BCUT2D eigenvalue weighted by Crippen LogP contribution is 2.34. The lowest BCUT2D eigenvalue weighted by atomic mass is 10.1. The van der Waals surface area contributed by atoms with Crippen LogP contribution in [0.3, 0.4) is 0 Å². The van der Waals surface area contributed by atoms with Crippen molar-refractivity contribution < 1.29 is 4.92 Å². The van der Waals surface area contributed by atoms with Crippen molar-refractivity contribution in [3.05, 3.63) is 32.3 Å². The average molecular weight is 318 g/mol. The second kappa shape index (κ2) is 7.11. The Bertz CT molecular complexity index is 467. The van der Waals surface area contributed by atoms with Gasteiger partial charge in [0.1, 0.15) is 0 Å². The molecule has 0 unspecified atom stereocenters. The van der Waals surface area contributed by atoms with Gasteiger partial charge in [-0.25, -0.2) is 0 Å². The predicted molar refractivity (Wildman–Crippen MR) is 81.9 cm³/mol. The van der Waals surface area contributed by atoms with E-state index in [2.05, 4.69) is 10.2 Å². The number of nitro groups is 1. The Morgan fingerprint density at radius 1 is 1.20 bits per heavy atom. The molecule has 1 saturated heterocycles. The summed E-state index contributed by atoms with van der Waals surface area (Å²) in [4.78, 5) is 12.6. The smallest absolute Gasteiger partial charge is 0.272 e. The SMILES string of the molecule is O=[N+]([O-])c1cc(Cl)c(NCCN2CCCCC2)c(Cl)c1. The van der Waals surface area contributed by atoms with E-state index in [0.29, 0.717) is 5.69 Å². The van der Waals surface area contributed by atoms with Crippen LogP contribution in [0, 0.1) is 10.1 Å². The molecule has 1 aromatic rings. The zero-order valence-electron chi connectivity index (χ0n) is 11.1. The van der Waals surface area contributed by atoms with E-state index in [0.717, 1.165) is 26.2 Å². The maximum atomic E-state index is 10.7. The molecule has 1 aliphatic heterocycles. The molecule has 5 nitrogen and oxygen atoms in total. The largest absolute Gasteiger partial charge is 0.381 e. The summed E-state index contributed by atoms with van der Waals surface area (Å²) in [5.41, 5.74) is 0.470. The Kier molecular flexibility index (Phi) is 5.46. The number of piperidine rings is 1. The van der Waals surface area contributed by atoms with Crippen LogP contribution in [0.25, 0.3) is 0 Å². The molecule has 1 aliphatic rings. The third kappa shape index (κ3) is 3.98. The summed E-state index contributed by atoms with van der Waals surface area (Å²) in [5.74, 6) is 0. The number of hydrogen-bond donors (Lipinski definition) is 1. The first-order valence-electron chi connectivity index (χ1n) is 6.67. The van der Waals surface area contributed by atoms with Crippen LogP contribution in [0.2, 0.25) is 10.0 Å². The lowest BCUT2D eigenvalue weighted by Crippen LogP contribution is -2.33. The number of non-ortho nitro benzene ring substituents is 1. The predicted octanol–water partition coefficient (Wildman–Crippen LogP) is 3.80. The van der Waals surface area contributed by atoms with Gasteiger partial charge in [-0.1, -0.05) is 29.6 Å². The number of nitrogens with zero attached hydrogens (tertiary/aromatic N) is 2. The van der Waals surface area contributed by atoms with Gasteiger partial charge < -0.3 is 10.2 Å². The summed E-state index contributed by atoms with van der Waals surface area (Å²) in [5, 5.41) is 14.4. The van der Waals surface area contributed by atoms with E-state index < -0.39 is 4.92 Å². The number of anilines is 1. The highest BCUT2D eigenvalue weighted by molar-refractivity contribution is 6.39. The first-order chi connectivity index (χ1) is 9.58. The van der Waals surface area contributed by atoms with E-state index in [1.807, 2.05) is 0 Å². The van der Waals surface area contributed by atoms with Gasteiger partial charge in [0, 0.05) is 25.2 Å². The molecule has 1 aromatic carbocycles.